The number of hydrogen-bond acceptors (Lipinski definition) is 5. The van der Waals surface area contributed by atoms with Gasteiger partial charge in [-0.3, -0.25) is 4.72 Å². The summed E-state index contributed by atoms with van der Waals surface area (Å²) < 4.78 is 31.2. The summed E-state index contributed by atoms with van der Waals surface area (Å²) in [6.45, 7) is 3.73. The zero-order valence-electron chi connectivity index (χ0n) is 11.5. The first kappa shape index (κ1) is 16.3. The molecule has 0 saturated heterocycles. The van der Waals surface area contributed by atoms with Gasteiger partial charge in [-0.1, -0.05) is 19.1 Å². The third kappa shape index (κ3) is 5.89. The summed E-state index contributed by atoms with van der Waals surface area (Å²) in [6, 6.07) is 6.86. The second-order valence-electron chi connectivity index (χ2n) is 4.07. The summed E-state index contributed by atoms with van der Waals surface area (Å²) in [5.41, 5.74) is 1.41. The zero-order valence-corrected chi connectivity index (χ0v) is 12.3. The number of benzene rings is 1. The van der Waals surface area contributed by atoms with Gasteiger partial charge in [0.1, 0.15) is 0 Å². The molecule has 7 nitrogen and oxygen atoms in total. The number of carbonyl (C=O) groups is 1. The fourth-order valence-corrected chi connectivity index (χ4v) is 2.23. The highest BCUT2D eigenvalue weighted by Crippen LogP contribution is 2.10. The second-order valence-corrected chi connectivity index (χ2v) is 5.49. The van der Waals surface area contributed by atoms with E-state index in [1.807, 2.05) is 0 Å². The van der Waals surface area contributed by atoms with Gasteiger partial charge in [0, 0.05) is 6.54 Å². The number of ether oxygens (including phenoxy) is 1. The molecule has 0 aliphatic carbocycles. The zero-order chi connectivity index (χ0) is 15.0. The van der Waals surface area contributed by atoms with Gasteiger partial charge in [0.25, 0.3) is 0 Å². The minimum Gasteiger partial charge on any atom is -0.452 e. The maximum Gasteiger partial charge on any atom is 0.422 e. The average Bonchev–Trinajstić information content (AvgIpc) is 2.40. The minimum atomic E-state index is -3.97. The number of amides is 1. The highest BCUT2D eigenvalue weighted by molar-refractivity contribution is 7.91. The van der Waals surface area contributed by atoms with Gasteiger partial charge in [-0.2, -0.15) is 8.42 Å². The van der Waals surface area contributed by atoms with E-state index in [1.54, 1.807) is 29.0 Å². The van der Waals surface area contributed by atoms with Crippen molar-refractivity contribution in [1.82, 2.24) is 10.0 Å². The number of hydrogen-bond donors (Lipinski definition) is 3. The van der Waals surface area contributed by atoms with Gasteiger partial charge in [0.15, 0.2) is 0 Å². The van der Waals surface area contributed by atoms with Crippen molar-refractivity contribution in [1.29, 1.82) is 0 Å². The molecule has 1 aromatic rings. The standard InChI is InChI=1S/C12H19N3O4S/c1-3-8-13-9-10-4-6-11(7-5-10)14-20(17,18)15-12(16)19-2/h4-7,13-14H,3,8-9H2,1-2H3,(H,15,16). The summed E-state index contributed by atoms with van der Waals surface area (Å²) in [6.07, 6.45) is 0.00903. The largest absolute Gasteiger partial charge is 0.452 e. The molecule has 1 aromatic carbocycles. The van der Waals surface area contributed by atoms with Crippen LogP contribution in [0.5, 0.6) is 0 Å². The fourth-order valence-electron chi connectivity index (χ4n) is 1.43. The van der Waals surface area contributed by atoms with Crippen LogP contribution in [0.25, 0.3) is 0 Å². The summed E-state index contributed by atoms with van der Waals surface area (Å²) >= 11 is 0. The maximum atomic E-state index is 11.5. The molecule has 0 aliphatic heterocycles. The van der Waals surface area contributed by atoms with E-state index in [9.17, 15) is 13.2 Å². The van der Waals surface area contributed by atoms with E-state index in [4.69, 9.17) is 0 Å². The Labute approximate surface area is 118 Å². The summed E-state index contributed by atoms with van der Waals surface area (Å²) in [7, 11) is -2.88. The third-order valence-electron chi connectivity index (χ3n) is 2.37. The van der Waals surface area contributed by atoms with Crippen LogP contribution in [0.15, 0.2) is 24.3 Å². The molecule has 0 spiro atoms. The molecule has 0 unspecified atom stereocenters. The van der Waals surface area contributed by atoms with Crippen LogP contribution in [0.4, 0.5) is 10.5 Å². The Hall–Kier alpha value is -1.80. The molecule has 0 heterocycles. The van der Waals surface area contributed by atoms with Gasteiger partial charge in [0.05, 0.1) is 12.8 Å². The molecular weight excluding hydrogens is 282 g/mol. The summed E-state index contributed by atoms with van der Waals surface area (Å²) in [5, 5.41) is 3.24. The first-order valence-electron chi connectivity index (χ1n) is 6.15. The molecular formula is C12H19N3O4S. The van der Waals surface area contributed by atoms with Gasteiger partial charge >= 0.3 is 16.3 Å². The average molecular weight is 301 g/mol. The molecule has 0 aliphatic rings. The van der Waals surface area contributed by atoms with E-state index < -0.39 is 16.3 Å². The van der Waals surface area contributed by atoms with Crippen LogP contribution in [0.2, 0.25) is 0 Å². The van der Waals surface area contributed by atoms with Crippen molar-refractivity contribution in [2.45, 2.75) is 19.9 Å². The topological polar surface area (TPSA) is 96.5 Å². The molecule has 0 fully saturated rings. The molecule has 0 aromatic heterocycles. The number of rotatable bonds is 7. The minimum absolute atomic E-state index is 0.362. The van der Waals surface area contributed by atoms with Crippen LogP contribution in [0.3, 0.4) is 0 Å². The van der Waals surface area contributed by atoms with E-state index in [0.717, 1.165) is 32.2 Å². The number of nitrogens with one attached hydrogen (secondary N) is 3. The monoisotopic (exact) mass is 301 g/mol. The van der Waals surface area contributed by atoms with Gasteiger partial charge in [0.2, 0.25) is 0 Å². The number of methoxy groups -OCH3 is 1. The van der Waals surface area contributed by atoms with E-state index in [2.05, 4.69) is 21.7 Å². The Morgan fingerprint density at radius 3 is 2.45 bits per heavy atom. The molecule has 0 radical (unpaired) electrons. The van der Waals surface area contributed by atoms with E-state index >= 15 is 0 Å². The second kappa shape index (κ2) is 7.71. The Bertz CT molecular complexity index is 528. The number of anilines is 1. The van der Waals surface area contributed by atoms with Gasteiger partial charge < -0.3 is 10.1 Å². The normalized spacial score (nSPS) is 10.9. The van der Waals surface area contributed by atoms with Crippen molar-refractivity contribution in [3.8, 4) is 0 Å². The third-order valence-corrected chi connectivity index (χ3v) is 3.30. The van der Waals surface area contributed by atoms with Crippen LogP contribution in [0.1, 0.15) is 18.9 Å². The fraction of sp³-hybridized carbons (Fsp3) is 0.417. The van der Waals surface area contributed by atoms with E-state index in [1.165, 1.54) is 0 Å². The predicted octanol–water partition coefficient (Wildman–Crippen LogP) is 1.20. The lowest BCUT2D eigenvalue weighted by Gasteiger charge is -2.09. The first-order valence-corrected chi connectivity index (χ1v) is 7.63. The lowest BCUT2D eigenvalue weighted by Crippen LogP contribution is -2.35. The molecule has 112 valence electrons. The number of carbonyl (C=O) groups excluding carboxylic acids is 1. The Kier molecular flexibility index (Phi) is 6.26. The van der Waals surface area contributed by atoms with Crippen molar-refractivity contribution in [3.05, 3.63) is 29.8 Å². The molecule has 0 atom stereocenters. The van der Waals surface area contributed by atoms with Crippen molar-refractivity contribution in [2.75, 3.05) is 18.4 Å². The first-order chi connectivity index (χ1) is 9.46. The molecule has 1 rings (SSSR count). The SMILES string of the molecule is CCCNCc1ccc(NS(=O)(=O)NC(=O)OC)cc1. The molecule has 0 bridgehead atoms. The van der Waals surface area contributed by atoms with Crippen molar-refractivity contribution >= 4 is 22.0 Å². The smallest absolute Gasteiger partial charge is 0.422 e. The van der Waals surface area contributed by atoms with Crippen LogP contribution in [-0.4, -0.2) is 28.2 Å². The highest BCUT2D eigenvalue weighted by Gasteiger charge is 2.14. The quantitative estimate of drug-likeness (QED) is 0.658. The molecule has 20 heavy (non-hydrogen) atoms. The molecule has 3 N–H and O–H groups in total. The molecule has 8 heteroatoms. The molecule has 0 saturated carbocycles. The summed E-state index contributed by atoms with van der Waals surface area (Å²) in [4.78, 5) is 10.9. The Morgan fingerprint density at radius 1 is 1.25 bits per heavy atom. The lowest BCUT2D eigenvalue weighted by molar-refractivity contribution is 0.177. The van der Waals surface area contributed by atoms with Crippen LogP contribution >= 0.6 is 0 Å². The van der Waals surface area contributed by atoms with Gasteiger partial charge in [-0.05, 0) is 30.7 Å². The Balaban J connectivity index is 2.58. The maximum absolute atomic E-state index is 11.5. The van der Waals surface area contributed by atoms with Crippen LogP contribution in [0, 0.1) is 0 Å². The van der Waals surface area contributed by atoms with Gasteiger partial charge in [-0.15, -0.1) is 0 Å². The van der Waals surface area contributed by atoms with Crippen molar-refractivity contribution < 1.29 is 17.9 Å². The van der Waals surface area contributed by atoms with Crippen molar-refractivity contribution in [3.63, 3.8) is 0 Å². The lowest BCUT2D eigenvalue weighted by atomic mass is 10.2. The Morgan fingerprint density at radius 2 is 1.90 bits per heavy atom. The van der Waals surface area contributed by atoms with Crippen molar-refractivity contribution in [2.24, 2.45) is 0 Å². The van der Waals surface area contributed by atoms with E-state index in [0.29, 0.717) is 5.69 Å². The van der Waals surface area contributed by atoms with Crippen LogP contribution in [-0.2, 0) is 21.5 Å². The van der Waals surface area contributed by atoms with Gasteiger partial charge in [-0.25, -0.2) is 9.52 Å². The van der Waals surface area contributed by atoms with E-state index in [-0.39, 0.29) is 0 Å². The highest BCUT2D eigenvalue weighted by atomic mass is 32.2. The summed E-state index contributed by atoms with van der Waals surface area (Å²) in [5.74, 6) is 0. The van der Waals surface area contributed by atoms with Crippen LogP contribution < -0.4 is 14.8 Å². The molecule has 1 amide bonds. The predicted molar refractivity (Wildman–Crippen MR) is 76.5 cm³/mol.